The zero-order chi connectivity index (χ0) is 31.7. The predicted octanol–water partition coefficient (Wildman–Crippen LogP) is 5.89. The molecule has 3 N–H and O–H groups in total. The van der Waals surface area contributed by atoms with E-state index in [0.717, 1.165) is 36.3 Å². The quantitative estimate of drug-likeness (QED) is 0.0520. The number of nitriles is 1. The second kappa shape index (κ2) is 13.5. The smallest absolute Gasteiger partial charge is 0.323 e. The Morgan fingerprint density at radius 3 is 2.34 bits per heavy atom. The summed E-state index contributed by atoms with van der Waals surface area (Å²) in [6.07, 6.45) is 1.82. The average molecular weight is 605 g/mol. The van der Waals surface area contributed by atoms with Crippen LogP contribution in [0.5, 0.6) is 5.75 Å². The summed E-state index contributed by atoms with van der Waals surface area (Å²) in [4.78, 5) is 3.75. The van der Waals surface area contributed by atoms with Crippen LogP contribution in [-0.2, 0) is 18.1 Å². The summed E-state index contributed by atoms with van der Waals surface area (Å²) in [5, 5.41) is 28.1. The number of benzene rings is 3. The van der Waals surface area contributed by atoms with Gasteiger partial charge in [-0.2, -0.15) is 19.6 Å². The number of alkyl halides is 2. The largest absolute Gasteiger partial charge is 0.489 e. The van der Waals surface area contributed by atoms with E-state index < -0.39 is 46.8 Å². The van der Waals surface area contributed by atoms with E-state index in [1.165, 1.54) is 18.2 Å². The van der Waals surface area contributed by atoms with Crippen molar-refractivity contribution in [3.05, 3.63) is 130 Å². The fraction of sp³-hybridized carbons (Fsp3) is 0.129. The second-order valence-corrected chi connectivity index (χ2v) is 9.21. The first kappa shape index (κ1) is 31.3. The Bertz CT molecular complexity index is 1780. The Morgan fingerprint density at radius 2 is 1.68 bits per heavy atom. The number of pyridine rings is 1. The molecule has 44 heavy (non-hydrogen) atoms. The van der Waals surface area contributed by atoms with Crippen LogP contribution < -0.4 is 10.1 Å². The van der Waals surface area contributed by atoms with Crippen LogP contribution in [0.25, 0.3) is 0 Å². The van der Waals surface area contributed by atoms with Crippen molar-refractivity contribution in [3.63, 3.8) is 0 Å². The molecule has 0 bridgehead atoms. The molecule has 0 fully saturated rings. The maximum atomic E-state index is 15.7. The second-order valence-electron chi connectivity index (χ2n) is 9.21. The van der Waals surface area contributed by atoms with Crippen molar-refractivity contribution in [1.29, 1.82) is 10.8 Å². The van der Waals surface area contributed by atoms with Gasteiger partial charge in [0.25, 0.3) is 0 Å². The summed E-state index contributed by atoms with van der Waals surface area (Å²) in [6, 6.07) is 16.5. The summed E-state index contributed by atoms with van der Waals surface area (Å²) in [6.45, 7) is -0.837. The van der Waals surface area contributed by atoms with Gasteiger partial charge in [0, 0.05) is 35.0 Å². The lowest BCUT2D eigenvalue weighted by molar-refractivity contribution is -0.195. The Kier molecular flexibility index (Phi) is 9.63. The molecule has 1 aromatic heterocycles. The molecule has 0 aliphatic heterocycles. The normalized spacial score (nSPS) is 12.5. The molecular formula is C31H21F5N6O2. The molecule has 0 saturated carbocycles. The first-order valence-electron chi connectivity index (χ1n) is 12.6. The number of nitrogens with one attached hydrogen (secondary N) is 2. The molecule has 0 saturated heterocycles. The molecule has 8 nitrogen and oxygen atoms in total. The fourth-order valence-corrected chi connectivity index (χ4v) is 4.00. The van der Waals surface area contributed by atoms with Crippen LogP contribution in [0.15, 0.2) is 89.3 Å². The third-order valence-corrected chi connectivity index (χ3v) is 6.31. The Morgan fingerprint density at radius 1 is 0.955 bits per heavy atom. The molecule has 0 aliphatic rings. The van der Waals surface area contributed by atoms with Gasteiger partial charge in [0.1, 0.15) is 47.9 Å². The van der Waals surface area contributed by atoms with Gasteiger partial charge in [-0.1, -0.05) is 29.2 Å². The van der Waals surface area contributed by atoms with Crippen LogP contribution in [0.4, 0.5) is 22.0 Å². The van der Waals surface area contributed by atoms with Crippen LogP contribution in [0, 0.1) is 46.2 Å². The van der Waals surface area contributed by atoms with Crippen molar-refractivity contribution in [2.75, 3.05) is 6.54 Å². The highest BCUT2D eigenvalue weighted by Crippen LogP contribution is 2.45. The van der Waals surface area contributed by atoms with Crippen molar-refractivity contribution in [1.82, 2.24) is 10.3 Å². The molecule has 0 amide bonds. The molecule has 4 rings (SSSR count). The van der Waals surface area contributed by atoms with Gasteiger partial charge < -0.3 is 15.2 Å². The number of rotatable bonds is 10. The predicted molar refractivity (Wildman–Crippen MR) is 148 cm³/mol. The molecule has 0 spiro atoms. The Hall–Kier alpha value is -5.66. The summed E-state index contributed by atoms with van der Waals surface area (Å²) >= 11 is 0. The highest BCUT2D eigenvalue weighted by atomic mass is 19.3. The molecule has 1 atom stereocenters. The first-order chi connectivity index (χ1) is 21.1. The lowest BCUT2D eigenvalue weighted by atomic mass is 9.84. The van der Waals surface area contributed by atoms with Gasteiger partial charge in [-0.15, -0.1) is 5.10 Å². The van der Waals surface area contributed by atoms with Gasteiger partial charge in [0.2, 0.25) is 0 Å². The zero-order valence-corrected chi connectivity index (χ0v) is 22.5. The highest BCUT2D eigenvalue weighted by Gasteiger charge is 2.57. The minimum atomic E-state index is -4.20. The van der Waals surface area contributed by atoms with Crippen molar-refractivity contribution < 1.29 is 31.8 Å². The molecule has 0 radical (unpaired) electrons. The standard InChI is InChI=1S/C31H21F5N6O2/c32-24-8-10-26(28(34)14-24)30(43,18-39-19-41-42-38)31(35,36)29-12-7-21(16-40-29)4-1-20-2-5-22(6-3-20)17-44-25-9-11-27(33)23(13-25)15-37/h2-3,5-14,16,19,43H,17-18H2,(H2,38,39,41). The average Bonchev–Trinajstić information content (AvgIpc) is 3.02. The van der Waals surface area contributed by atoms with E-state index >= 15 is 8.78 Å². The third kappa shape index (κ3) is 7.03. The summed E-state index contributed by atoms with van der Waals surface area (Å²) in [7, 11) is 0. The van der Waals surface area contributed by atoms with E-state index in [4.69, 9.17) is 15.5 Å². The summed E-state index contributed by atoms with van der Waals surface area (Å²) < 4.78 is 78.6. The Labute approximate surface area is 248 Å². The lowest BCUT2D eigenvalue weighted by Crippen LogP contribution is -2.51. The van der Waals surface area contributed by atoms with Crippen LogP contribution in [-0.4, -0.2) is 23.0 Å². The molecule has 4 aromatic rings. The minimum Gasteiger partial charge on any atom is -0.489 e. The topological polar surface area (TPSA) is 127 Å². The first-order valence-corrected chi connectivity index (χ1v) is 12.6. The highest BCUT2D eigenvalue weighted by molar-refractivity contribution is 5.54. The molecule has 222 valence electrons. The monoisotopic (exact) mass is 604 g/mol. The lowest BCUT2D eigenvalue weighted by Gasteiger charge is -2.36. The molecule has 1 heterocycles. The van der Waals surface area contributed by atoms with E-state index in [0.29, 0.717) is 23.4 Å². The fourth-order valence-electron chi connectivity index (χ4n) is 4.00. The minimum absolute atomic E-state index is 0.128. The molecular weight excluding hydrogens is 583 g/mol. The van der Waals surface area contributed by atoms with Crippen molar-refractivity contribution in [2.45, 2.75) is 18.1 Å². The number of aliphatic hydroxyl groups is 1. The molecule has 3 aromatic carbocycles. The third-order valence-electron chi connectivity index (χ3n) is 6.31. The Balaban J connectivity index is 1.49. The number of ether oxygens (including phenoxy) is 1. The van der Waals surface area contributed by atoms with Crippen LogP contribution in [0.1, 0.15) is 33.5 Å². The van der Waals surface area contributed by atoms with Crippen molar-refractivity contribution in [2.24, 2.45) is 10.3 Å². The van der Waals surface area contributed by atoms with E-state index in [2.05, 4.69) is 32.5 Å². The number of hydrogen-bond acceptors (Lipinski definition) is 6. The number of halogens is 5. The molecule has 13 heteroatoms. The van der Waals surface area contributed by atoms with Gasteiger partial charge in [-0.05, 0) is 54.1 Å². The SMILES string of the molecule is N#Cc1cc(OCc2ccc(C#Cc3ccc(C(F)(F)C(O)(CN/C=N\N=N)c4ccc(F)cc4F)nc3)cc2)ccc1F. The molecule has 1 unspecified atom stereocenters. The maximum Gasteiger partial charge on any atom is 0.323 e. The van der Waals surface area contributed by atoms with E-state index in [1.54, 1.807) is 30.3 Å². The summed E-state index contributed by atoms with van der Waals surface area (Å²) in [5.41, 5.74) is 3.07. The van der Waals surface area contributed by atoms with Crippen LogP contribution >= 0.6 is 0 Å². The van der Waals surface area contributed by atoms with Crippen molar-refractivity contribution in [3.8, 4) is 23.7 Å². The van der Waals surface area contributed by atoms with Gasteiger partial charge >= 0.3 is 5.92 Å². The van der Waals surface area contributed by atoms with Gasteiger partial charge in [-0.25, -0.2) is 13.2 Å². The maximum absolute atomic E-state index is 15.7. The number of hydrogen-bond donors (Lipinski definition) is 3. The zero-order valence-electron chi connectivity index (χ0n) is 22.5. The number of nitrogens with zero attached hydrogens (tertiary/aromatic N) is 4. The van der Waals surface area contributed by atoms with Crippen LogP contribution in [0.3, 0.4) is 0 Å². The van der Waals surface area contributed by atoms with Crippen molar-refractivity contribution >= 4 is 6.34 Å². The van der Waals surface area contributed by atoms with Gasteiger partial charge in [0.05, 0.1) is 12.1 Å². The molecule has 0 aliphatic carbocycles. The van der Waals surface area contributed by atoms with Crippen LogP contribution in [0.2, 0.25) is 0 Å². The number of aromatic nitrogens is 1. The van der Waals surface area contributed by atoms with Gasteiger partial charge in [-0.3, -0.25) is 4.98 Å². The van der Waals surface area contributed by atoms with E-state index in [1.807, 2.05) is 0 Å². The summed E-state index contributed by atoms with van der Waals surface area (Å²) in [5.74, 6) is -1.27. The van der Waals surface area contributed by atoms with E-state index in [-0.39, 0.29) is 17.7 Å². The van der Waals surface area contributed by atoms with E-state index in [9.17, 15) is 18.3 Å². The van der Waals surface area contributed by atoms with Gasteiger partial charge in [0.15, 0.2) is 5.60 Å².